The second-order valence-electron chi connectivity index (χ2n) is 16.4. The predicted octanol–water partition coefficient (Wildman–Crippen LogP) is 14.8. The third kappa shape index (κ3) is 50.1. The quantitative estimate of drug-likeness (QED) is 0.0238. The van der Waals surface area contributed by atoms with Crippen molar-refractivity contribution in [3.8, 4) is 0 Å². The van der Waals surface area contributed by atoms with Gasteiger partial charge < -0.3 is 20.1 Å². The summed E-state index contributed by atoms with van der Waals surface area (Å²) in [5.74, 6) is -0.543. The van der Waals surface area contributed by atoms with Crippen LogP contribution in [-0.2, 0) is 27.9 Å². The van der Waals surface area contributed by atoms with Gasteiger partial charge in [-0.2, -0.15) is 0 Å². The van der Waals surface area contributed by atoms with Gasteiger partial charge in [-0.3, -0.25) is 18.6 Å². The minimum absolute atomic E-state index is 0.0691. The van der Waals surface area contributed by atoms with Crippen LogP contribution >= 0.6 is 7.82 Å². The SMILES string of the molecule is CCCCC/C=C\C/C=C\C/C=C\C/C=C\CCCCCCCCCC(=O)NCCOP(=O)(O)OCC(O)COC(=O)CCCCCCCC/C=C\C/C=C\C/C=C\CCCCC. The van der Waals surface area contributed by atoms with E-state index in [1.54, 1.807) is 0 Å². The molecule has 0 fully saturated rings. The van der Waals surface area contributed by atoms with E-state index in [1.165, 1.54) is 89.9 Å². The van der Waals surface area contributed by atoms with Crippen LogP contribution in [0.5, 0.6) is 0 Å². The molecule has 0 aromatic carbocycles. The lowest BCUT2D eigenvalue weighted by molar-refractivity contribution is -0.147. The number of unbranched alkanes of at least 4 members (excludes halogenated alkanes) is 19. The van der Waals surface area contributed by atoms with Crippen molar-refractivity contribution in [1.82, 2.24) is 5.32 Å². The van der Waals surface area contributed by atoms with Crippen molar-refractivity contribution in [3.05, 3.63) is 85.1 Å². The number of hydrogen-bond acceptors (Lipinski definition) is 7. The van der Waals surface area contributed by atoms with E-state index in [2.05, 4.69) is 104 Å². The van der Waals surface area contributed by atoms with Crippen LogP contribution in [0.25, 0.3) is 0 Å². The summed E-state index contributed by atoms with van der Waals surface area (Å²) in [6.45, 7) is 3.47. The zero-order valence-electron chi connectivity index (χ0n) is 40.0. The van der Waals surface area contributed by atoms with Gasteiger partial charge in [0.15, 0.2) is 0 Å². The minimum Gasteiger partial charge on any atom is -0.463 e. The Morgan fingerprint density at radius 1 is 0.492 bits per heavy atom. The van der Waals surface area contributed by atoms with Crippen LogP contribution in [0, 0.1) is 0 Å². The molecule has 0 rings (SSSR count). The number of allylic oxidation sites excluding steroid dienone is 14. The maximum atomic E-state index is 12.1. The van der Waals surface area contributed by atoms with Crippen LogP contribution in [0.3, 0.4) is 0 Å². The van der Waals surface area contributed by atoms with E-state index in [0.29, 0.717) is 6.42 Å². The zero-order valence-corrected chi connectivity index (χ0v) is 40.9. The van der Waals surface area contributed by atoms with Crippen LogP contribution in [0.2, 0.25) is 0 Å². The van der Waals surface area contributed by atoms with Gasteiger partial charge in [0.1, 0.15) is 12.7 Å². The summed E-state index contributed by atoms with van der Waals surface area (Å²) in [4.78, 5) is 34.1. The summed E-state index contributed by atoms with van der Waals surface area (Å²) < 4.78 is 27.0. The van der Waals surface area contributed by atoms with Gasteiger partial charge in [-0.05, 0) is 96.3 Å². The lowest BCUT2D eigenvalue weighted by Gasteiger charge is -2.15. The largest absolute Gasteiger partial charge is 0.472 e. The number of carbonyl (C=O) groups is 2. The summed E-state index contributed by atoms with van der Waals surface area (Å²) >= 11 is 0. The molecule has 0 saturated carbocycles. The number of hydrogen-bond donors (Lipinski definition) is 3. The molecule has 9 nitrogen and oxygen atoms in total. The normalized spacial score (nSPS) is 13.9. The average molecular weight is 902 g/mol. The van der Waals surface area contributed by atoms with Crippen molar-refractivity contribution in [3.63, 3.8) is 0 Å². The van der Waals surface area contributed by atoms with Gasteiger partial charge in [0.05, 0.1) is 13.2 Å². The molecule has 10 heteroatoms. The number of ether oxygens (including phenoxy) is 1. The standard InChI is InChI=1S/C53H92NO8P/c1-3-5-7-9-11-13-15-17-19-21-23-24-25-26-28-29-31-33-35-37-39-41-43-45-52(56)54-47-48-61-63(58,59)62-50-51(55)49-60-53(57)46-44-42-40-38-36-34-32-30-27-22-20-18-16-14-12-10-8-6-4-2/h11-14,17-20,23-24,26-28,30,51,55H,3-10,15-16,21-22,25,29,31-50H2,1-2H3,(H,54,56)(H,58,59)/b13-11-,14-12-,19-17-,20-18-,24-23-,28-26-,30-27-. The molecule has 63 heavy (non-hydrogen) atoms. The summed E-state index contributed by atoms with van der Waals surface area (Å²) in [6.07, 6.45) is 62.2. The van der Waals surface area contributed by atoms with Crippen molar-refractivity contribution >= 4 is 19.7 Å². The molecule has 1 amide bonds. The molecule has 0 radical (unpaired) electrons. The molecule has 0 bridgehead atoms. The first-order chi connectivity index (χ1) is 30.8. The molecule has 362 valence electrons. The number of phosphoric ester groups is 1. The van der Waals surface area contributed by atoms with E-state index in [1.807, 2.05) is 0 Å². The first-order valence-corrected chi connectivity index (χ1v) is 26.6. The van der Waals surface area contributed by atoms with Crippen molar-refractivity contribution in [2.24, 2.45) is 0 Å². The fourth-order valence-electron chi connectivity index (χ4n) is 6.49. The Morgan fingerprint density at radius 3 is 1.29 bits per heavy atom. The fraction of sp³-hybridized carbons (Fsp3) is 0.698. The Labute approximate surface area is 385 Å². The molecule has 0 heterocycles. The van der Waals surface area contributed by atoms with Gasteiger partial charge in [0.2, 0.25) is 5.91 Å². The predicted molar refractivity (Wildman–Crippen MR) is 266 cm³/mol. The lowest BCUT2D eigenvalue weighted by atomic mass is 10.1. The monoisotopic (exact) mass is 902 g/mol. The molecule has 0 aromatic heterocycles. The zero-order chi connectivity index (χ0) is 46.0. The smallest absolute Gasteiger partial charge is 0.463 e. The van der Waals surface area contributed by atoms with Crippen molar-refractivity contribution in [1.29, 1.82) is 0 Å². The van der Waals surface area contributed by atoms with Gasteiger partial charge in [0.25, 0.3) is 0 Å². The highest BCUT2D eigenvalue weighted by Gasteiger charge is 2.23. The van der Waals surface area contributed by atoms with E-state index in [0.717, 1.165) is 89.9 Å². The van der Waals surface area contributed by atoms with E-state index in [4.69, 9.17) is 13.8 Å². The molecule has 2 unspecified atom stereocenters. The van der Waals surface area contributed by atoms with Crippen molar-refractivity contribution in [2.45, 2.75) is 213 Å². The number of aliphatic hydroxyl groups excluding tert-OH is 1. The Kier molecular flexibility index (Phi) is 46.5. The summed E-state index contributed by atoms with van der Waals surface area (Å²) in [5, 5.41) is 12.7. The second kappa shape index (κ2) is 48.6. The lowest BCUT2D eigenvalue weighted by Crippen LogP contribution is -2.27. The Balaban J connectivity index is 3.64. The number of esters is 1. The topological polar surface area (TPSA) is 131 Å². The van der Waals surface area contributed by atoms with E-state index >= 15 is 0 Å². The van der Waals surface area contributed by atoms with Gasteiger partial charge in [0, 0.05) is 19.4 Å². The molecule has 0 aliphatic rings. The first kappa shape index (κ1) is 60.2. The van der Waals surface area contributed by atoms with Gasteiger partial charge in [-0.15, -0.1) is 0 Å². The number of nitrogens with one attached hydrogen (secondary N) is 1. The number of aliphatic hydroxyl groups is 1. The Hall–Kier alpha value is -2.81. The van der Waals surface area contributed by atoms with Gasteiger partial charge in [-0.1, -0.05) is 182 Å². The third-order valence-corrected chi connectivity index (χ3v) is 11.3. The summed E-state index contributed by atoms with van der Waals surface area (Å²) in [5.41, 5.74) is 0. The van der Waals surface area contributed by atoms with E-state index < -0.39 is 26.5 Å². The number of carbonyl (C=O) groups excluding carboxylic acids is 2. The Morgan fingerprint density at radius 2 is 0.857 bits per heavy atom. The fourth-order valence-corrected chi connectivity index (χ4v) is 7.24. The molecular formula is C53H92NO8P. The number of phosphoric acid groups is 1. The molecule has 2 atom stereocenters. The molecule has 0 aliphatic carbocycles. The highest BCUT2D eigenvalue weighted by atomic mass is 31.2. The average Bonchev–Trinajstić information content (AvgIpc) is 3.27. The molecule has 0 aromatic rings. The highest BCUT2D eigenvalue weighted by Crippen LogP contribution is 2.42. The van der Waals surface area contributed by atoms with Crippen molar-refractivity contribution < 1.29 is 37.9 Å². The molecule has 0 spiro atoms. The van der Waals surface area contributed by atoms with E-state index in [-0.39, 0.29) is 32.1 Å². The third-order valence-electron chi connectivity index (χ3n) is 10.3. The first-order valence-electron chi connectivity index (χ1n) is 25.1. The maximum Gasteiger partial charge on any atom is 0.472 e. The van der Waals surface area contributed by atoms with Gasteiger partial charge >= 0.3 is 13.8 Å². The molecular weight excluding hydrogens is 810 g/mol. The van der Waals surface area contributed by atoms with Crippen LogP contribution in [0.15, 0.2) is 85.1 Å². The second-order valence-corrected chi connectivity index (χ2v) is 17.9. The van der Waals surface area contributed by atoms with Crippen LogP contribution in [0.4, 0.5) is 0 Å². The van der Waals surface area contributed by atoms with Crippen LogP contribution in [0.1, 0.15) is 206 Å². The maximum absolute atomic E-state index is 12.1. The van der Waals surface area contributed by atoms with Crippen LogP contribution in [-0.4, -0.2) is 54.3 Å². The molecule has 0 aliphatic heterocycles. The minimum atomic E-state index is -4.43. The van der Waals surface area contributed by atoms with Crippen LogP contribution < -0.4 is 5.32 Å². The number of rotatable bonds is 46. The molecule has 3 N–H and O–H groups in total. The number of amides is 1. The highest BCUT2D eigenvalue weighted by molar-refractivity contribution is 7.47. The molecule has 0 saturated heterocycles. The van der Waals surface area contributed by atoms with Crippen molar-refractivity contribution in [2.75, 3.05) is 26.4 Å². The summed E-state index contributed by atoms with van der Waals surface area (Å²) in [6, 6.07) is 0. The van der Waals surface area contributed by atoms with E-state index in [9.17, 15) is 24.2 Å². The van der Waals surface area contributed by atoms with Gasteiger partial charge in [-0.25, -0.2) is 4.57 Å². The summed E-state index contributed by atoms with van der Waals surface area (Å²) in [7, 11) is -4.43. The Bertz CT molecular complexity index is 1300.